The van der Waals surface area contributed by atoms with Crippen molar-refractivity contribution in [1.82, 2.24) is 9.13 Å². The van der Waals surface area contributed by atoms with Crippen LogP contribution in [0.2, 0.25) is 0 Å². The van der Waals surface area contributed by atoms with E-state index in [9.17, 15) is 19.9 Å². The van der Waals surface area contributed by atoms with Crippen molar-refractivity contribution in [3.05, 3.63) is 103 Å². The molecule has 288 valence electrons. The maximum absolute atomic E-state index is 14.3. The van der Waals surface area contributed by atoms with Crippen molar-refractivity contribution in [2.24, 2.45) is 5.11 Å². The van der Waals surface area contributed by atoms with Crippen molar-refractivity contribution in [2.75, 3.05) is 14.2 Å². The van der Waals surface area contributed by atoms with E-state index in [1.807, 2.05) is 12.1 Å². The van der Waals surface area contributed by atoms with E-state index in [1.165, 1.54) is 16.8 Å². The number of fused-ring (bicyclic) bond motifs is 2. The summed E-state index contributed by atoms with van der Waals surface area (Å²) in [6.45, 7) is 6.94. The first-order chi connectivity index (χ1) is 25.8. The summed E-state index contributed by atoms with van der Waals surface area (Å²) >= 11 is 0. The maximum atomic E-state index is 14.3. The second kappa shape index (κ2) is 14.9. The molecular formula is C37H43N5O12. The first-order valence-electron chi connectivity index (χ1n) is 17.6. The molecule has 7 rings (SSSR count). The third kappa shape index (κ3) is 7.54. The molecule has 0 radical (unpaired) electrons. The Balaban J connectivity index is 1.14. The average molecular weight is 750 g/mol. The van der Waals surface area contributed by atoms with Crippen LogP contribution in [0.4, 0.5) is 0 Å². The van der Waals surface area contributed by atoms with Crippen molar-refractivity contribution in [3.8, 4) is 11.5 Å². The van der Waals surface area contributed by atoms with Gasteiger partial charge in [-0.3, -0.25) is 18.7 Å². The largest absolute Gasteiger partial charge is 0.497 e. The number of ketones is 1. The number of nitrogens with zero attached hydrogens (tertiary/aromatic N) is 5. The van der Waals surface area contributed by atoms with Gasteiger partial charge in [0.25, 0.3) is 5.56 Å². The van der Waals surface area contributed by atoms with E-state index in [1.54, 1.807) is 78.3 Å². The van der Waals surface area contributed by atoms with E-state index in [0.717, 1.165) is 10.1 Å². The van der Waals surface area contributed by atoms with Crippen LogP contribution in [0, 0.1) is 0 Å². The van der Waals surface area contributed by atoms with Crippen LogP contribution in [-0.2, 0) is 51.1 Å². The van der Waals surface area contributed by atoms with Crippen molar-refractivity contribution in [1.29, 1.82) is 0 Å². The Hall–Kier alpha value is -4.58. The number of carbonyl (C=O) groups excluding carboxylic acids is 1. The molecule has 0 spiro atoms. The Morgan fingerprint density at radius 2 is 1.41 bits per heavy atom. The number of aromatic nitrogens is 2. The Morgan fingerprint density at radius 1 is 0.815 bits per heavy atom. The number of ether oxygens (including phenoxy) is 9. The number of azide groups is 1. The van der Waals surface area contributed by atoms with Gasteiger partial charge in [0.15, 0.2) is 29.9 Å². The smallest absolute Gasteiger partial charge is 0.333 e. The summed E-state index contributed by atoms with van der Waals surface area (Å²) in [6.07, 6.45) is -6.61. The summed E-state index contributed by atoms with van der Waals surface area (Å²) in [4.78, 5) is 44.2. The summed E-state index contributed by atoms with van der Waals surface area (Å²) in [5.74, 6) is -1.30. The number of rotatable bonds is 12. The van der Waals surface area contributed by atoms with Crippen LogP contribution >= 0.6 is 0 Å². The first-order valence-corrected chi connectivity index (χ1v) is 17.6. The molecule has 54 heavy (non-hydrogen) atoms. The molecule has 0 bridgehead atoms. The molecule has 3 aromatic rings. The molecule has 0 saturated carbocycles. The SMILES string of the molecule is COc1ccc(CO[C@H]2O[C@H](CC(=O)[C@H]3O[C@@H](n4ccc(=O)n(Cc5ccc(OC)cc5)c4=O)[C@@H]4OC(C)(C)O[C@@H]43)[C@@H]3OC(C)(C)O[C@@H]3[C@H]2N=[N+]=[N-])cc1. The minimum Gasteiger partial charge on any atom is -0.497 e. The predicted molar refractivity (Wildman–Crippen MR) is 188 cm³/mol. The van der Waals surface area contributed by atoms with Gasteiger partial charge in [0.1, 0.15) is 48.1 Å². The van der Waals surface area contributed by atoms with E-state index >= 15 is 0 Å². The van der Waals surface area contributed by atoms with E-state index in [4.69, 9.17) is 42.6 Å². The highest BCUT2D eigenvalue weighted by Crippen LogP contribution is 2.45. The lowest BCUT2D eigenvalue weighted by atomic mass is 9.92. The zero-order valence-electron chi connectivity index (χ0n) is 30.7. The number of hydrogen-bond donors (Lipinski definition) is 0. The fourth-order valence-corrected chi connectivity index (χ4v) is 7.39. The van der Waals surface area contributed by atoms with Crippen LogP contribution < -0.4 is 20.7 Å². The third-order valence-corrected chi connectivity index (χ3v) is 9.83. The fourth-order valence-electron chi connectivity index (χ4n) is 7.39. The van der Waals surface area contributed by atoms with Gasteiger partial charge in [-0.05, 0) is 68.6 Å². The van der Waals surface area contributed by atoms with E-state index in [-0.39, 0.29) is 19.6 Å². The quantitative estimate of drug-likeness (QED) is 0.149. The van der Waals surface area contributed by atoms with Crippen LogP contribution in [0.5, 0.6) is 11.5 Å². The summed E-state index contributed by atoms with van der Waals surface area (Å²) < 4.78 is 56.5. The standard InChI is InChI=1S/C37H43N5O12/c1-36(2)51-29-25(49-34(27(39-40-38)30(29)52-36)48-19-21-9-13-23(47-6)14-10-21)17-24(43)28-31-32(54-37(3,4)53-31)33(50-28)41-16-15-26(44)42(35(41)45)18-20-7-11-22(46-5)12-8-20/h7-16,25,27-34H,17-19H2,1-6H3/t25-,27-,28-,29+,30-,31-,32-,33-,34+/m1/s1. The second-order valence-corrected chi connectivity index (χ2v) is 14.4. The number of methoxy groups -OCH3 is 2. The fraction of sp³-hybridized carbons (Fsp3) is 0.541. The maximum Gasteiger partial charge on any atom is 0.333 e. The van der Waals surface area contributed by atoms with E-state index in [2.05, 4.69) is 10.0 Å². The minimum absolute atomic E-state index is 0.00688. The topological polar surface area (TPSA) is 193 Å². The summed E-state index contributed by atoms with van der Waals surface area (Å²) in [5.41, 5.74) is 9.82. The lowest BCUT2D eigenvalue weighted by molar-refractivity contribution is -0.245. The van der Waals surface area contributed by atoms with Crippen molar-refractivity contribution < 1.29 is 47.4 Å². The number of benzene rings is 2. The van der Waals surface area contributed by atoms with Crippen LogP contribution in [0.25, 0.3) is 10.4 Å². The molecule has 0 unspecified atom stereocenters. The van der Waals surface area contributed by atoms with Crippen LogP contribution in [0.1, 0.15) is 51.5 Å². The Labute approximate surface area is 310 Å². The molecule has 4 saturated heterocycles. The molecule has 4 fully saturated rings. The van der Waals surface area contributed by atoms with Gasteiger partial charge in [-0.1, -0.05) is 29.4 Å². The zero-order chi connectivity index (χ0) is 38.4. The molecule has 0 amide bonds. The van der Waals surface area contributed by atoms with Gasteiger partial charge in [-0.15, -0.1) is 0 Å². The van der Waals surface area contributed by atoms with Gasteiger partial charge in [-0.25, -0.2) is 4.79 Å². The molecule has 9 atom stereocenters. The molecule has 2 aromatic carbocycles. The average Bonchev–Trinajstić information content (AvgIpc) is 3.77. The summed E-state index contributed by atoms with van der Waals surface area (Å²) in [5, 5.41) is 3.96. The highest BCUT2D eigenvalue weighted by molar-refractivity contribution is 5.85. The highest BCUT2D eigenvalue weighted by Gasteiger charge is 2.60. The van der Waals surface area contributed by atoms with Gasteiger partial charge in [-0.2, -0.15) is 0 Å². The normalized spacial score (nSPS) is 30.6. The van der Waals surface area contributed by atoms with Gasteiger partial charge in [0, 0.05) is 23.6 Å². The minimum atomic E-state index is -1.19. The Kier molecular flexibility index (Phi) is 10.4. The molecule has 5 heterocycles. The molecule has 17 heteroatoms. The number of hydrogen-bond acceptors (Lipinski definition) is 13. The van der Waals surface area contributed by atoms with Gasteiger partial charge in [0.2, 0.25) is 0 Å². The molecule has 0 N–H and O–H groups in total. The first kappa shape index (κ1) is 37.7. The van der Waals surface area contributed by atoms with Gasteiger partial charge in [0.05, 0.1) is 33.5 Å². The Morgan fingerprint density at radius 3 is 2.04 bits per heavy atom. The summed E-state index contributed by atoms with van der Waals surface area (Å²) in [7, 11) is 3.12. The third-order valence-electron chi connectivity index (χ3n) is 9.83. The lowest BCUT2D eigenvalue weighted by Gasteiger charge is -2.40. The molecule has 4 aliphatic heterocycles. The van der Waals surface area contributed by atoms with E-state index in [0.29, 0.717) is 17.1 Å². The van der Waals surface area contributed by atoms with Crippen LogP contribution in [0.15, 0.2) is 75.5 Å². The number of carbonyl (C=O) groups is 1. The predicted octanol–water partition coefficient (Wildman–Crippen LogP) is 3.59. The molecule has 4 aliphatic rings. The number of Topliss-reactive ketones (excluding diaryl/α,β-unsaturated/α-hetero) is 1. The van der Waals surface area contributed by atoms with Crippen molar-refractivity contribution in [3.63, 3.8) is 0 Å². The van der Waals surface area contributed by atoms with Crippen LogP contribution in [0.3, 0.4) is 0 Å². The lowest BCUT2D eigenvalue weighted by Crippen LogP contribution is -2.57. The molecule has 1 aromatic heterocycles. The molecule has 0 aliphatic carbocycles. The van der Waals surface area contributed by atoms with Crippen LogP contribution in [-0.4, -0.2) is 89.7 Å². The van der Waals surface area contributed by atoms with Gasteiger partial charge >= 0.3 is 5.69 Å². The van der Waals surface area contributed by atoms with Crippen molar-refractivity contribution in [2.45, 2.75) is 114 Å². The molecular weight excluding hydrogens is 706 g/mol. The van der Waals surface area contributed by atoms with Crippen molar-refractivity contribution >= 4 is 5.78 Å². The monoisotopic (exact) mass is 749 g/mol. The van der Waals surface area contributed by atoms with E-state index < -0.39 is 83.8 Å². The highest BCUT2D eigenvalue weighted by atomic mass is 16.8. The molecule has 17 nitrogen and oxygen atoms in total. The zero-order valence-corrected chi connectivity index (χ0v) is 30.7. The summed E-state index contributed by atoms with van der Waals surface area (Å²) in [6, 6.07) is 14.6. The van der Waals surface area contributed by atoms with Gasteiger partial charge < -0.3 is 42.6 Å². The second-order valence-electron chi connectivity index (χ2n) is 14.4. The Bertz CT molecular complexity index is 2010.